The van der Waals surface area contributed by atoms with Crippen molar-refractivity contribution >= 4 is 22.5 Å². The Bertz CT molecular complexity index is 1260. The molecule has 0 atom stereocenters. The lowest BCUT2D eigenvalue weighted by atomic mass is 10.1. The molecule has 8 nitrogen and oxygen atoms in total. The van der Waals surface area contributed by atoms with Gasteiger partial charge in [0.25, 0.3) is 5.56 Å². The molecule has 3 aromatic heterocycles. The van der Waals surface area contributed by atoms with Gasteiger partial charge < -0.3 is 15.0 Å². The summed E-state index contributed by atoms with van der Waals surface area (Å²) in [4.78, 5) is 38.0. The van der Waals surface area contributed by atoms with E-state index in [2.05, 4.69) is 37.0 Å². The van der Waals surface area contributed by atoms with Crippen molar-refractivity contribution < 1.29 is 9.53 Å². The van der Waals surface area contributed by atoms with E-state index in [1.807, 2.05) is 18.3 Å². The lowest BCUT2D eigenvalue weighted by Gasteiger charge is -2.26. The van der Waals surface area contributed by atoms with Crippen molar-refractivity contribution in [2.24, 2.45) is 5.92 Å². The molecule has 5 rings (SSSR count). The highest BCUT2D eigenvalue weighted by Crippen LogP contribution is 2.30. The van der Waals surface area contributed by atoms with Crippen LogP contribution in [-0.2, 0) is 16.1 Å². The number of nitrogens with zero attached hydrogens (tertiary/aromatic N) is 3. The van der Waals surface area contributed by atoms with Crippen LogP contribution in [0.15, 0.2) is 41.6 Å². The Balaban J connectivity index is 1.37. The van der Waals surface area contributed by atoms with Crippen LogP contribution in [0.3, 0.4) is 0 Å². The van der Waals surface area contributed by atoms with E-state index in [9.17, 15) is 9.59 Å². The average molecular weight is 429 g/mol. The minimum Gasteiger partial charge on any atom is -0.379 e. The monoisotopic (exact) mass is 429 g/mol. The molecule has 1 aliphatic heterocycles. The molecule has 2 aliphatic rings. The van der Waals surface area contributed by atoms with Gasteiger partial charge in [-0.15, -0.1) is 0 Å². The number of nitrogens with one attached hydrogen (secondary N) is 2. The average Bonchev–Trinajstić information content (AvgIpc) is 3.66. The number of rotatable bonds is 4. The topological polar surface area (TPSA) is 100 Å². The molecular weight excluding hydrogens is 406 g/mol. The number of fused-ring (bicyclic) bond motifs is 1. The van der Waals surface area contributed by atoms with Gasteiger partial charge in [0.2, 0.25) is 5.91 Å². The summed E-state index contributed by atoms with van der Waals surface area (Å²) in [6.45, 7) is 4.24. The van der Waals surface area contributed by atoms with E-state index in [1.165, 1.54) is 6.20 Å². The Morgan fingerprint density at radius 3 is 2.75 bits per heavy atom. The van der Waals surface area contributed by atoms with Crippen molar-refractivity contribution in [3.8, 4) is 11.8 Å². The summed E-state index contributed by atoms with van der Waals surface area (Å²) in [6.07, 6.45) is 6.72. The van der Waals surface area contributed by atoms with Crippen LogP contribution in [0, 0.1) is 17.8 Å². The van der Waals surface area contributed by atoms with E-state index < -0.39 is 0 Å². The zero-order chi connectivity index (χ0) is 21.9. The van der Waals surface area contributed by atoms with Gasteiger partial charge >= 0.3 is 0 Å². The maximum Gasteiger partial charge on any atom is 0.257 e. The van der Waals surface area contributed by atoms with E-state index in [1.54, 1.807) is 12.3 Å². The molecular formula is C24H23N5O3. The Labute approximate surface area is 185 Å². The highest BCUT2D eigenvalue weighted by molar-refractivity contribution is 5.96. The van der Waals surface area contributed by atoms with Crippen molar-refractivity contribution in [3.63, 3.8) is 0 Å². The van der Waals surface area contributed by atoms with Crippen LogP contribution in [0.4, 0.5) is 5.82 Å². The second-order valence-electron chi connectivity index (χ2n) is 8.10. The molecule has 1 saturated carbocycles. The first kappa shape index (κ1) is 20.4. The lowest BCUT2D eigenvalue weighted by molar-refractivity contribution is -0.117. The number of hydrogen-bond acceptors (Lipinski definition) is 6. The highest BCUT2D eigenvalue weighted by atomic mass is 16.5. The molecule has 4 heterocycles. The predicted molar refractivity (Wildman–Crippen MR) is 120 cm³/mol. The van der Waals surface area contributed by atoms with Crippen LogP contribution in [0.25, 0.3) is 10.8 Å². The van der Waals surface area contributed by atoms with E-state index in [0.29, 0.717) is 27.8 Å². The zero-order valence-corrected chi connectivity index (χ0v) is 17.6. The maximum atomic E-state index is 12.2. The van der Waals surface area contributed by atoms with Gasteiger partial charge in [0.1, 0.15) is 11.5 Å². The number of carbonyl (C=O) groups excluding carboxylic acids is 1. The van der Waals surface area contributed by atoms with Gasteiger partial charge in [-0.3, -0.25) is 14.5 Å². The number of anilines is 1. The molecule has 0 aromatic carbocycles. The molecule has 8 heteroatoms. The van der Waals surface area contributed by atoms with Crippen molar-refractivity contribution in [1.29, 1.82) is 0 Å². The standard InChI is InChI=1S/C24H23N5O3/c30-23(17-2-3-17)28-22-11-20-18(13-27-24(31)21(20)14-26-22)4-6-19-5-1-16(12-25-19)15-29-7-9-32-10-8-29/h1,5,11-14,17H,2-3,7-10,15H2,(H,27,31)(H,26,28,30). The molecule has 1 amide bonds. The normalized spacial score (nSPS) is 16.4. The molecule has 2 fully saturated rings. The molecule has 0 unspecified atom stereocenters. The van der Waals surface area contributed by atoms with Crippen LogP contribution < -0.4 is 10.9 Å². The van der Waals surface area contributed by atoms with E-state index in [-0.39, 0.29) is 17.4 Å². The predicted octanol–water partition coefficient (Wildman–Crippen LogP) is 1.90. The molecule has 162 valence electrons. The molecule has 0 bridgehead atoms. The van der Waals surface area contributed by atoms with Gasteiger partial charge in [-0.25, -0.2) is 9.97 Å². The highest BCUT2D eigenvalue weighted by Gasteiger charge is 2.29. The SMILES string of the molecule is O=C(Nc1cc2c(C#Cc3ccc(CN4CCOCC4)cn3)c[nH]c(=O)c2cn1)C1CC1. The molecule has 3 aromatic rings. The van der Waals surface area contributed by atoms with Crippen molar-refractivity contribution in [3.05, 3.63) is 64.0 Å². The smallest absolute Gasteiger partial charge is 0.257 e. The third-order valence-corrected chi connectivity index (χ3v) is 5.65. The number of aromatic amines is 1. The van der Waals surface area contributed by atoms with E-state index >= 15 is 0 Å². The van der Waals surface area contributed by atoms with Crippen molar-refractivity contribution in [2.75, 3.05) is 31.6 Å². The summed E-state index contributed by atoms with van der Waals surface area (Å²) < 4.78 is 5.39. The Morgan fingerprint density at radius 1 is 1.16 bits per heavy atom. The Kier molecular flexibility index (Phi) is 5.67. The van der Waals surface area contributed by atoms with Crippen LogP contribution >= 0.6 is 0 Å². The number of hydrogen-bond donors (Lipinski definition) is 2. The van der Waals surface area contributed by atoms with Crippen LogP contribution in [0.1, 0.15) is 29.7 Å². The number of H-pyrrole nitrogens is 1. The second kappa shape index (κ2) is 8.91. The van der Waals surface area contributed by atoms with Crippen molar-refractivity contribution in [1.82, 2.24) is 19.9 Å². The van der Waals surface area contributed by atoms with Gasteiger partial charge in [0, 0.05) is 55.1 Å². The largest absolute Gasteiger partial charge is 0.379 e. The van der Waals surface area contributed by atoms with Gasteiger partial charge in [-0.1, -0.05) is 12.0 Å². The lowest BCUT2D eigenvalue weighted by Crippen LogP contribution is -2.35. The molecule has 32 heavy (non-hydrogen) atoms. The fourth-order valence-electron chi connectivity index (χ4n) is 3.64. The first-order valence-corrected chi connectivity index (χ1v) is 10.7. The van der Waals surface area contributed by atoms with Gasteiger partial charge in [0.15, 0.2) is 0 Å². The molecule has 0 spiro atoms. The van der Waals surface area contributed by atoms with Gasteiger partial charge in [0.05, 0.1) is 18.6 Å². The Morgan fingerprint density at radius 2 is 2.00 bits per heavy atom. The minimum atomic E-state index is -0.247. The summed E-state index contributed by atoms with van der Waals surface area (Å²) >= 11 is 0. The van der Waals surface area contributed by atoms with E-state index in [0.717, 1.165) is 51.3 Å². The van der Waals surface area contributed by atoms with E-state index in [4.69, 9.17) is 4.74 Å². The summed E-state index contributed by atoms with van der Waals surface area (Å²) in [5.41, 5.74) is 2.17. The van der Waals surface area contributed by atoms with Crippen LogP contribution in [-0.4, -0.2) is 52.1 Å². The van der Waals surface area contributed by atoms with Gasteiger partial charge in [-0.05, 0) is 36.5 Å². The minimum absolute atomic E-state index is 0.0318. The van der Waals surface area contributed by atoms with Gasteiger partial charge in [-0.2, -0.15) is 0 Å². The summed E-state index contributed by atoms with van der Waals surface area (Å²) in [5.74, 6) is 6.63. The number of amides is 1. The number of ether oxygens (including phenoxy) is 1. The van der Waals surface area contributed by atoms with Crippen LogP contribution in [0.2, 0.25) is 0 Å². The summed E-state index contributed by atoms with van der Waals surface area (Å²) in [6, 6.07) is 5.64. The third kappa shape index (κ3) is 4.69. The number of carbonyl (C=O) groups is 1. The first-order chi connectivity index (χ1) is 15.7. The maximum absolute atomic E-state index is 12.2. The molecule has 0 radical (unpaired) electrons. The molecule has 1 saturated heterocycles. The fourth-order valence-corrected chi connectivity index (χ4v) is 3.64. The molecule has 1 aliphatic carbocycles. The Hall–Kier alpha value is -3.54. The van der Waals surface area contributed by atoms with Crippen LogP contribution in [0.5, 0.6) is 0 Å². The molecule has 2 N–H and O–H groups in total. The third-order valence-electron chi connectivity index (χ3n) is 5.65. The van der Waals surface area contributed by atoms with Crippen molar-refractivity contribution in [2.45, 2.75) is 19.4 Å². The zero-order valence-electron chi connectivity index (χ0n) is 17.6. The number of morpholine rings is 1. The number of pyridine rings is 3. The number of aromatic nitrogens is 3. The first-order valence-electron chi connectivity index (χ1n) is 10.7. The second-order valence-corrected chi connectivity index (χ2v) is 8.10. The fraction of sp³-hybridized carbons (Fsp3) is 0.333. The quantitative estimate of drug-likeness (QED) is 0.615. The summed E-state index contributed by atoms with van der Waals surface area (Å²) in [7, 11) is 0. The summed E-state index contributed by atoms with van der Waals surface area (Å²) in [5, 5.41) is 3.89.